The number of nitrogens with one attached hydrogen (secondary N) is 2. The molecule has 0 heterocycles. The molecular formula is C13H16BrFN2OS. The van der Waals surface area contributed by atoms with E-state index >= 15 is 0 Å². The number of thiocarbonyl (C=S) groups is 1. The fourth-order valence-corrected chi connectivity index (χ4v) is 2.96. The first-order valence-corrected chi connectivity index (χ1v) is 7.52. The van der Waals surface area contributed by atoms with Gasteiger partial charge in [0.1, 0.15) is 0 Å². The number of rotatable bonds is 2. The van der Waals surface area contributed by atoms with Crippen LogP contribution in [0.15, 0.2) is 16.6 Å². The number of hydrogen-bond donors (Lipinski definition) is 3. The van der Waals surface area contributed by atoms with Gasteiger partial charge in [0.25, 0.3) is 0 Å². The summed E-state index contributed by atoms with van der Waals surface area (Å²) in [4.78, 5) is 0. The molecule has 1 fully saturated rings. The van der Waals surface area contributed by atoms with Crippen LogP contribution in [-0.2, 0) is 0 Å². The van der Waals surface area contributed by atoms with Crippen molar-refractivity contribution in [3.8, 4) is 5.75 Å². The predicted octanol–water partition coefficient (Wildman–Crippen LogP) is 3.91. The Morgan fingerprint density at radius 3 is 2.68 bits per heavy atom. The molecule has 2 rings (SSSR count). The molecule has 6 heteroatoms. The highest BCUT2D eigenvalue weighted by Gasteiger charge is 2.15. The molecule has 3 nitrogen and oxygen atoms in total. The summed E-state index contributed by atoms with van der Waals surface area (Å²) in [6.45, 7) is 0. The Balaban J connectivity index is 1.98. The van der Waals surface area contributed by atoms with Crippen molar-refractivity contribution in [1.29, 1.82) is 0 Å². The highest BCUT2D eigenvalue weighted by Crippen LogP contribution is 2.30. The zero-order valence-electron chi connectivity index (χ0n) is 10.4. The summed E-state index contributed by atoms with van der Waals surface area (Å²) in [5, 5.41) is 16.1. The van der Waals surface area contributed by atoms with E-state index in [1.807, 2.05) is 0 Å². The van der Waals surface area contributed by atoms with Gasteiger partial charge in [-0.3, -0.25) is 0 Å². The van der Waals surface area contributed by atoms with E-state index in [-0.39, 0.29) is 5.69 Å². The molecule has 0 unspecified atom stereocenters. The van der Waals surface area contributed by atoms with Gasteiger partial charge in [-0.05, 0) is 37.2 Å². The lowest BCUT2D eigenvalue weighted by molar-refractivity contribution is 0.414. The molecule has 0 aromatic heterocycles. The monoisotopic (exact) mass is 346 g/mol. The first kappa shape index (κ1) is 14.5. The van der Waals surface area contributed by atoms with Crippen LogP contribution in [0.1, 0.15) is 32.1 Å². The smallest absolute Gasteiger partial charge is 0.175 e. The summed E-state index contributed by atoms with van der Waals surface area (Å²) in [5.41, 5.74) is 0.264. The van der Waals surface area contributed by atoms with Crippen LogP contribution in [0.4, 0.5) is 10.1 Å². The minimum absolute atomic E-state index is 0.264. The van der Waals surface area contributed by atoms with Crippen molar-refractivity contribution >= 4 is 38.9 Å². The summed E-state index contributed by atoms with van der Waals surface area (Å²) in [5.74, 6) is -1.10. The Morgan fingerprint density at radius 2 is 2.00 bits per heavy atom. The van der Waals surface area contributed by atoms with Crippen molar-refractivity contribution in [2.24, 2.45) is 0 Å². The van der Waals surface area contributed by atoms with E-state index in [9.17, 15) is 9.50 Å². The molecule has 0 radical (unpaired) electrons. The SMILES string of the molecule is Oc1c(F)cc(Br)cc1NC(=S)NC1CCCCC1. The number of hydrogen-bond acceptors (Lipinski definition) is 2. The molecule has 104 valence electrons. The maximum Gasteiger partial charge on any atom is 0.175 e. The van der Waals surface area contributed by atoms with Gasteiger partial charge in [0.05, 0.1) is 5.69 Å². The number of halogens is 2. The zero-order chi connectivity index (χ0) is 13.8. The van der Waals surface area contributed by atoms with E-state index in [0.717, 1.165) is 12.8 Å². The number of phenols is 1. The lowest BCUT2D eigenvalue weighted by Crippen LogP contribution is -2.38. The van der Waals surface area contributed by atoms with Crippen LogP contribution in [-0.4, -0.2) is 16.3 Å². The molecule has 1 aromatic rings. The maximum atomic E-state index is 13.4. The summed E-state index contributed by atoms with van der Waals surface area (Å²) < 4.78 is 13.9. The van der Waals surface area contributed by atoms with Crippen LogP contribution in [0.25, 0.3) is 0 Å². The summed E-state index contributed by atoms with van der Waals surface area (Å²) >= 11 is 8.37. The molecule has 1 saturated carbocycles. The fraction of sp³-hybridized carbons (Fsp3) is 0.462. The van der Waals surface area contributed by atoms with Crippen LogP contribution in [0, 0.1) is 5.82 Å². The van der Waals surface area contributed by atoms with Gasteiger partial charge >= 0.3 is 0 Å². The van der Waals surface area contributed by atoms with Gasteiger partial charge in [0, 0.05) is 10.5 Å². The zero-order valence-corrected chi connectivity index (χ0v) is 12.8. The third-order valence-corrected chi connectivity index (χ3v) is 3.89. The Bertz CT molecular complexity index is 478. The number of phenolic OH excluding ortho intramolecular Hbond substituents is 1. The molecule has 0 atom stereocenters. The minimum atomic E-state index is -0.683. The highest BCUT2D eigenvalue weighted by molar-refractivity contribution is 9.10. The molecule has 1 aromatic carbocycles. The van der Waals surface area contributed by atoms with Crippen molar-refractivity contribution in [2.45, 2.75) is 38.1 Å². The fourth-order valence-electron chi connectivity index (χ4n) is 2.25. The van der Waals surface area contributed by atoms with Crippen LogP contribution in [0.5, 0.6) is 5.75 Å². The molecular weight excluding hydrogens is 331 g/mol. The third kappa shape index (κ3) is 4.04. The highest BCUT2D eigenvalue weighted by atomic mass is 79.9. The van der Waals surface area contributed by atoms with Gasteiger partial charge in [-0.15, -0.1) is 0 Å². The summed E-state index contributed by atoms with van der Waals surface area (Å²) in [6.07, 6.45) is 5.88. The van der Waals surface area contributed by atoms with Crippen molar-refractivity contribution in [1.82, 2.24) is 5.32 Å². The summed E-state index contributed by atoms with van der Waals surface area (Å²) in [6, 6.07) is 3.17. The lowest BCUT2D eigenvalue weighted by atomic mass is 9.96. The second kappa shape index (κ2) is 6.52. The number of anilines is 1. The van der Waals surface area contributed by atoms with Crippen LogP contribution in [0.2, 0.25) is 0 Å². The topological polar surface area (TPSA) is 44.3 Å². The maximum absolute atomic E-state index is 13.4. The summed E-state index contributed by atoms with van der Waals surface area (Å²) in [7, 11) is 0. The second-order valence-corrected chi connectivity index (χ2v) is 6.04. The van der Waals surface area contributed by atoms with E-state index in [4.69, 9.17) is 12.2 Å². The van der Waals surface area contributed by atoms with Gasteiger partial charge in [-0.1, -0.05) is 35.2 Å². The Kier molecular flexibility index (Phi) is 4.99. The quantitative estimate of drug-likeness (QED) is 0.561. The Hall–Kier alpha value is -0.880. The molecule has 19 heavy (non-hydrogen) atoms. The van der Waals surface area contributed by atoms with Gasteiger partial charge in [0.15, 0.2) is 16.7 Å². The Morgan fingerprint density at radius 1 is 1.32 bits per heavy atom. The van der Waals surface area contributed by atoms with E-state index in [2.05, 4.69) is 26.6 Å². The van der Waals surface area contributed by atoms with Crippen LogP contribution < -0.4 is 10.6 Å². The van der Waals surface area contributed by atoms with Gasteiger partial charge in [0.2, 0.25) is 0 Å². The second-order valence-electron chi connectivity index (χ2n) is 4.72. The Labute approximate surface area is 125 Å². The van der Waals surface area contributed by atoms with Gasteiger partial charge < -0.3 is 15.7 Å². The van der Waals surface area contributed by atoms with E-state index < -0.39 is 11.6 Å². The first-order chi connectivity index (χ1) is 9.06. The molecule has 0 aliphatic heterocycles. The predicted molar refractivity (Wildman–Crippen MR) is 82.0 cm³/mol. The van der Waals surface area contributed by atoms with Gasteiger partial charge in [-0.25, -0.2) is 4.39 Å². The molecule has 0 amide bonds. The van der Waals surface area contributed by atoms with E-state index in [1.54, 1.807) is 6.07 Å². The standard InChI is InChI=1S/C13H16BrFN2OS/c14-8-6-10(15)12(18)11(7-8)17-13(19)16-9-4-2-1-3-5-9/h6-7,9,18H,1-5H2,(H2,16,17,19). The van der Waals surface area contributed by atoms with Crippen molar-refractivity contribution in [2.75, 3.05) is 5.32 Å². The van der Waals surface area contributed by atoms with Crippen molar-refractivity contribution < 1.29 is 9.50 Å². The van der Waals surface area contributed by atoms with Crippen molar-refractivity contribution in [3.63, 3.8) is 0 Å². The number of benzene rings is 1. The molecule has 1 aliphatic rings. The first-order valence-electron chi connectivity index (χ1n) is 6.32. The van der Waals surface area contributed by atoms with Crippen LogP contribution in [0.3, 0.4) is 0 Å². The normalized spacial score (nSPS) is 16.1. The minimum Gasteiger partial charge on any atom is -0.503 e. The third-order valence-electron chi connectivity index (χ3n) is 3.22. The van der Waals surface area contributed by atoms with Gasteiger partial charge in [-0.2, -0.15) is 0 Å². The molecule has 0 spiro atoms. The lowest BCUT2D eigenvalue weighted by Gasteiger charge is -2.24. The average molecular weight is 347 g/mol. The molecule has 0 saturated heterocycles. The molecule has 0 bridgehead atoms. The van der Waals surface area contributed by atoms with Crippen molar-refractivity contribution in [3.05, 3.63) is 22.4 Å². The average Bonchev–Trinajstić information content (AvgIpc) is 2.36. The largest absolute Gasteiger partial charge is 0.503 e. The number of aromatic hydroxyl groups is 1. The van der Waals surface area contributed by atoms with E-state index in [1.165, 1.54) is 25.3 Å². The van der Waals surface area contributed by atoms with Crippen LogP contribution >= 0.6 is 28.1 Å². The molecule has 1 aliphatic carbocycles. The molecule has 3 N–H and O–H groups in total. The van der Waals surface area contributed by atoms with E-state index in [0.29, 0.717) is 15.6 Å².